The molecule has 28 heavy (non-hydrogen) atoms. The average molecular weight is 398 g/mol. The molecule has 3 aromatic rings. The molecule has 0 aliphatic carbocycles. The third kappa shape index (κ3) is 4.45. The number of nitrogens with zero attached hydrogens (tertiary/aromatic N) is 2. The lowest BCUT2D eigenvalue weighted by Crippen LogP contribution is -2.23. The summed E-state index contributed by atoms with van der Waals surface area (Å²) in [5, 5.41) is 8.01. The first-order valence-corrected chi connectivity index (χ1v) is 9.80. The second-order valence-corrected chi connectivity index (χ2v) is 7.61. The van der Waals surface area contributed by atoms with Gasteiger partial charge in [-0.3, -0.25) is 14.9 Å². The molecule has 1 atom stereocenters. The Morgan fingerprint density at radius 2 is 1.86 bits per heavy atom. The minimum atomic E-state index is -0.335. The maximum Gasteiger partial charge on any atom is 0.279 e. The van der Waals surface area contributed by atoms with Gasteiger partial charge in [0.05, 0.1) is 11.7 Å². The predicted molar refractivity (Wildman–Crippen MR) is 108 cm³/mol. The molecule has 146 valence electrons. The van der Waals surface area contributed by atoms with Crippen molar-refractivity contribution in [3.8, 4) is 11.3 Å². The molecule has 2 N–H and O–H groups in total. The van der Waals surface area contributed by atoms with Crippen LogP contribution in [0.25, 0.3) is 11.3 Å². The van der Waals surface area contributed by atoms with E-state index in [0.717, 1.165) is 16.8 Å². The van der Waals surface area contributed by atoms with Gasteiger partial charge in [-0.05, 0) is 12.5 Å². The number of carbonyl (C=O) groups excluding carboxylic acids is 2. The van der Waals surface area contributed by atoms with E-state index in [1.807, 2.05) is 50.4 Å². The Bertz CT molecular complexity index is 976. The largest absolute Gasteiger partial charge is 0.447 e. The highest BCUT2D eigenvalue weighted by molar-refractivity contribution is 7.14. The van der Waals surface area contributed by atoms with Gasteiger partial charge in [-0.2, -0.15) is 0 Å². The average Bonchev–Trinajstić information content (AvgIpc) is 3.30. The lowest BCUT2D eigenvalue weighted by Gasteiger charge is -2.13. The van der Waals surface area contributed by atoms with Crippen molar-refractivity contribution < 1.29 is 14.0 Å². The number of carbonyl (C=O) groups is 2. The molecule has 2 aromatic heterocycles. The van der Waals surface area contributed by atoms with E-state index in [2.05, 4.69) is 20.6 Å². The summed E-state index contributed by atoms with van der Waals surface area (Å²) in [6.45, 7) is 7.31. The van der Waals surface area contributed by atoms with Gasteiger partial charge in [0, 0.05) is 23.8 Å². The van der Waals surface area contributed by atoms with Crippen molar-refractivity contribution in [2.24, 2.45) is 0 Å². The number of benzene rings is 1. The molecule has 7 nitrogen and oxygen atoms in total. The number of anilines is 1. The lowest BCUT2D eigenvalue weighted by atomic mass is 10.1. The molecule has 1 aromatic carbocycles. The van der Waals surface area contributed by atoms with Crippen molar-refractivity contribution >= 4 is 28.3 Å². The zero-order chi connectivity index (χ0) is 20.3. The fourth-order valence-electron chi connectivity index (χ4n) is 2.79. The molecule has 0 aliphatic rings. The highest BCUT2D eigenvalue weighted by atomic mass is 32.1. The molecule has 0 unspecified atom stereocenters. The number of oxazole rings is 1. The van der Waals surface area contributed by atoms with E-state index in [0.29, 0.717) is 10.9 Å². The third-order valence-electron chi connectivity index (χ3n) is 4.19. The summed E-state index contributed by atoms with van der Waals surface area (Å²) in [4.78, 5) is 32.1. The van der Waals surface area contributed by atoms with E-state index in [4.69, 9.17) is 4.42 Å². The van der Waals surface area contributed by atoms with Crippen LogP contribution in [0.1, 0.15) is 61.5 Å². The number of thiazole rings is 1. The van der Waals surface area contributed by atoms with E-state index < -0.39 is 0 Å². The van der Waals surface area contributed by atoms with Crippen molar-refractivity contribution in [3.63, 3.8) is 0 Å². The fraction of sp³-hybridized carbons (Fsp3) is 0.300. The summed E-state index contributed by atoms with van der Waals surface area (Å²) >= 11 is 1.34. The van der Waals surface area contributed by atoms with Gasteiger partial charge in [0.15, 0.2) is 17.2 Å². The number of amides is 2. The summed E-state index contributed by atoms with van der Waals surface area (Å²) in [5.41, 5.74) is 2.99. The first kappa shape index (κ1) is 19.8. The number of hydrogen-bond donors (Lipinski definition) is 2. The second kappa shape index (κ2) is 8.35. The van der Waals surface area contributed by atoms with Gasteiger partial charge in [0.25, 0.3) is 5.91 Å². The molecule has 2 heterocycles. The predicted octanol–water partition coefficient (Wildman–Crippen LogP) is 4.37. The Morgan fingerprint density at radius 1 is 1.14 bits per heavy atom. The van der Waals surface area contributed by atoms with Crippen LogP contribution in [0.5, 0.6) is 0 Å². The van der Waals surface area contributed by atoms with Crippen LogP contribution in [-0.2, 0) is 4.79 Å². The molecule has 0 aliphatic heterocycles. The second-order valence-electron chi connectivity index (χ2n) is 6.76. The quantitative estimate of drug-likeness (QED) is 0.642. The Hall–Kier alpha value is -3.00. The third-order valence-corrected chi connectivity index (χ3v) is 4.94. The van der Waals surface area contributed by atoms with Gasteiger partial charge in [-0.1, -0.05) is 38.1 Å². The SMILES string of the molecule is CC(=O)N[C@H](C)c1ccc(-c2csc(NC(=O)c3ncoc3C(C)C)n2)cc1. The minimum absolute atomic E-state index is 0.0607. The molecule has 0 saturated carbocycles. The number of aromatic nitrogens is 2. The summed E-state index contributed by atoms with van der Waals surface area (Å²) < 4.78 is 5.30. The van der Waals surface area contributed by atoms with Crippen molar-refractivity contribution in [1.82, 2.24) is 15.3 Å². The maximum absolute atomic E-state index is 12.5. The van der Waals surface area contributed by atoms with Crippen LogP contribution in [0.2, 0.25) is 0 Å². The summed E-state index contributed by atoms with van der Waals surface area (Å²) in [7, 11) is 0. The topological polar surface area (TPSA) is 97.1 Å². The van der Waals surface area contributed by atoms with Gasteiger partial charge in [0.2, 0.25) is 5.91 Å². The molecule has 0 saturated heterocycles. The van der Waals surface area contributed by atoms with Crippen LogP contribution in [0.4, 0.5) is 5.13 Å². The zero-order valence-electron chi connectivity index (χ0n) is 16.1. The molecule has 0 spiro atoms. The number of rotatable bonds is 6. The monoisotopic (exact) mass is 398 g/mol. The molecule has 2 amide bonds. The van der Waals surface area contributed by atoms with Crippen LogP contribution in [-0.4, -0.2) is 21.8 Å². The molecule has 0 bridgehead atoms. The van der Waals surface area contributed by atoms with Gasteiger partial charge in [-0.25, -0.2) is 9.97 Å². The van der Waals surface area contributed by atoms with Gasteiger partial charge < -0.3 is 9.73 Å². The van der Waals surface area contributed by atoms with Crippen LogP contribution < -0.4 is 10.6 Å². The van der Waals surface area contributed by atoms with E-state index in [1.165, 1.54) is 24.7 Å². The minimum Gasteiger partial charge on any atom is -0.447 e. The van der Waals surface area contributed by atoms with Crippen molar-refractivity contribution in [3.05, 3.63) is 53.1 Å². The van der Waals surface area contributed by atoms with E-state index in [9.17, 15) is 9.59 Å². The zero-order valence-corrected chi connectivity index (χ0v) is 17.0. The van der Waals surface area contributed by atoms with Crippen LogP contribution >= 0.6 is 11.3 Å². The smallest absolute Gasteiger partial charge is 0.279 e. The Kier molecular flexibility index (Phi) is 5.89. The summed E-state index contributed by atoms with van der Waals surface area (Å²) in [6, 6.07) is 7.75. The van der Waals surface area contributed by atoms with E-state index in [1.54, 1.807) is 0 Å². The van der Waals surface area contributed by atoms with Crippen LogP contribution in [0, 0.1) is 0 Å². The van der Waals surface area contributed by atoms with Gasteiger partial charge >= 0.3 is 0 Å². The van der Waals surface area contributed by atoms with Crippen molar-refractivity contribution in [1.29, 1.82) is 0 Å². The lowest BCUT2D eigenvalue weighted by molar-refractivity contribution is -0.119. The molecule has 8 heteroatoms. The van der Waals surface area contributed by atoms with Crippen LogP contribution in [0.15, 0.2) is 40.5 Å². The summed E-state index contributed by atoms with van der Waals surface area (Å²) in [6.07, 6.45) is 1.28. The van der Waals surface area contributed by atoms with Crippen molar-refractivity contribution in [2.45, 2.75) is 39.7 Å². The molecule has 0 radical (unpaired) electrons. The summed E-state index contributed by atoms with van der Waals surface area (Å²) in [5.74, 6) is 0.216. The normalized spacial score (nSPS) is 12.0. The Morgan fingerprint density at radius 3 is 2.50 bits per heavy atom. The molecular weight excluding hydrogens is 376 g/mol. The van der Waals surface area contributed by atoms with Crippen molar-refractivity contribution in [2.75, 3.05) is 5.32 Å². The van der Waals surface area contributed by atoms with Crippen LogP contribution in [0.3, 0.4) is 0 Å². The number of hydrogen-bond acceptors (Lipinski definition) is 6. The Labute approximate surface area is 167 Å². The first-order valence-electron chi connectivity index (χ1n) is 8.93. The highest BCUT2D eigenvalue weighted by Crippen LogP contribution is 2.27. The van der Waals surface area contributed by atoms with E-state index >= 15 is 0 Å². The van der Waals surface area contributed by atoms with Gasteiger partial charge in [-0.15, -0.1) is 11.3 Å². The standard InChI is InChI=1S/C20H22N4O3S/c1-11(2)18-17(21-10-27-18)19(26)24-20-23-16(9-28-20)15-7-5-14(6-8-15)12(3)22-13(4)25/h5-12H,1-4H3,(H,22,25)(H,23,24,26)/t12-/m1/s1. The number of nitrogens with one attached hydrogen (secondary N) is 2. The maximum atomic E-state index is 12.5. The molecular formula is C20H22N4O3S. The Balaban J connectivity index is 1.71. The van der Waals surface area contributed by atoms with Gasteiger partial charge in [0.1, 0.15) is 5.76 Å². The molecule has 3 rings (SSSR count). The molecule has 0 fully saturated rings. The highest BCUT2D eigenvalue weighted by Gasteiger charge is 2.20. The van der Waals surface area contributed by atoms with E-state index in [-0.39, 0.29) is 29.5 Å². The first-order chi connectivity index (χ1) is 13.3. The fourth-order valence-corrected chi connectivity index (χ4v) is 3.50.